The maximum absolute atomic E-state index is 2.42. The van der Waals surface area contributed by atoms with Gasteiger partial charge in [0.1, 0.15) is 0 Å². The van der Waals surface area contributed by atoms with Gasteiger partial charge in [0.05, 0.1) is 0 Å². The van der Waals surface area contributed by atoms with Gasteiger partial charge in [-0.15, -0.1) is 0 Å². The van der Waals surface area contributed by atoms with Gasteiger partial charge in [-0.05, 0) is 118 Å². The molecule has 1 aliphatic carbocycles. The quantitative estimate of drug-likeness (QED) is 0.167. The largest absolute Gasteiger partial charge is 0.341 e. The second kappa shape index (κ2) is 11.8. The Morgan fingerprint density at radius 3 is 1.69 bits per heavy atom. The van der Waals surface area contributed by atoms with Crippen LogP contribution in [0.15, 0.2) is 146 Å². The number of para-hydroxylation sites is 1. The highest BCUT2D eigenvalue weighted by molar-refractivity contribution is 6.19. The molecule has 49 heavy (non-hydrogen) atoms. The van der Waals surface area contributed by atoms with Crippen LogP contribution in [0.4, 0.5) is 0 Å². The van der Waals surface area contributed by atoms with Crippen LogP contribution in [0.5, 0.6) is 0 Å². The number of hydrogen-bond donors (Lipinski definition) is 0. The Balaban J connectivity index is 1.11. The van der Waals surface area contributed by atoms with Gasteiger partial charge in [-0.1, -0.05) is 139 Å². The molecule has 0 amide bonds. The standard InChI is InChI=1S/C48H39N/c1-4-49-45-13-9-8-12-39(45)42-30-38(24-27-46(42)49)35-18-16-33(17-19-35)34-20-22-37(23-21-34)48-41-26-15-31(2)28-43(41)47(36-10-6-5-7-11-36)40-25-14-32(3)29-44(40)48/h6,8-30H,4-5,7H2,1-3H3. The average Bonchev–Trinajstić information content (AvgIpc) is 3.47. The Bertz CT molecular complexity index is 2630. The van der Waals surface area contributed by atoms with Gasteiger partial charge >= 0.3 is 0 Å². The van der Waals surface area contributed by atoms with Crippen molar-refractivity contribution in [3.63, 3.8) is 0 Å². The fourth-order valence-corrected chi connectivity index (χ4v) is 8.14. The molecule has 0 fully saturated rings. The molecule has 1 aromatic heterocycles. The topological polar surface area (TPSA) is 4.93 Å². The van der Waals surface area contributed by atoms with Crippen molar-refractivity contribution in [1.29, 1.82) is 0 Å². The number of aromatic nitrogens is 1. The molecule has 8 aromatic rings. The summed E-state index contributed by atoms with van der Waals surface area (Å²) in [5.74, 6) is 0. The van der Waals surface area contributed by atoms with Crippen LogP contribution in [0, 0.1) is 13.8 Å². The van der Waals surface area contributed by atoms with E-state index in [1.165, 1.54) is 99.0 Å². The van der Waals surface area contributed by atoms with E-state index in [-0.39, 0.29) is 0 Å². The zero-order chi connectivity index (χ0) is 33.1. The van der Waals surface area contributed by atoms with E-state index >= 15 is 0 Å². The van der Waals surface area contributed by atoms with Crippen molar-refractivity contribution in [2.75, 3.05) is 0 Å². The van der Waals surface area contributed by atoms with Crippen LogP contribution in [-0.4, -0.2) is 4.57 Å². The van der Waals surface area contributed by atoms with E-state index in [9.17, 15) is 0 Å². The number of aryl methyl sites for hydroxylation is 3. The van der Waals surface area contributed by atoms with Gasteiger partial charge in [0.25, 0.3) is 0 Å². The number of nitrogens with zero attached hydrogens (tertiary/aromatic N) is 1. The Hall–Kier alpha value is -5.66. The van der Waals surface area contributed by atoms with E-state index in [0.717, 1.165) is 19.4 Å². The summed E-state index contributed by atoms with van der Waals surface area (Å²) in [5, 5.41) is 7.94. The second-order valence-electron chi connectivity index (χ2n) is 13.6. The monoisotopic (exact) mass is 629 g/mol. The first kappa shape index (κ1) is 29.5. The predicted octanol–water partition coefficient (Wildman–Crippen LogP) is 13.5. The van der Waals surface area contributed by atoms with Crippen molar-refractivity contribution < 1.29 is 0 Å². The molecule has 0 saturated heterocycles. The highest BCUT2D eigenvalue weighted by Gasteiger charge is 2.18. The van der Waals surface area contributed by atoms with Crippen LogP contribution in [0.3, 0.4) is 0 Å². The van der Waals surface area contributed by atoms with Crippen molar-refractivity contribution >= 4 is 48.9 Å². The SMILES string of the molecule is CCn1c2ccccc2c2cc(-c3ccc(-c4ccc(-c5c6ccc(C)cc6c(C6=CCCC=C6)c6ccc(C)cc56)cc4)cc3)ccc21. The summed E-state index contributed by atoms with van der Waals surface area (Å²) < 4.78 is 2.41. The van der Waals surface area contributed by atoms with Gasteiger partial charge in [-0.25, -0.2) is 0 Å². The van der Waals surface area contributed by atoms with Crippen molar-refractivity contribution in [3.05, 3.63) is 162 Å². The molecular weight excluding hydrogens is 591 g/mol. The molecular formula is C48H39N. The van der Waals surface area contributed by atoms with Crippen LogP contribution in [0.1, 0.15) is 36.5 Å². The minimum atomic E-state index is 0.962. The van der Waals surface area contributed by atoms with E-state index in [1.54, 1.807) is 0 Å². The van der Waals surface area contributed by atoms with Crippen LogP contribution in [0.25, 0.3) is 82.3 Å². The number of benzene rings is 7. The average molecular weight is 630 g/mol. The minimum Gasteiger partial charge on any atom is -0.341 e. The lowest BCUT2D eigenvalue weighted by Gasteiger charge is -2.20. The summed E-state index contributed by atoms with van der Waals surface area (Å²) in [4.78, 5) is 0. The molecule has 1 heterocycles. The molecule has 0 spiro atoms. The first-order valence-electron chi connectivity index (χ1n) is 17.6. The van der Waals surface area contributed by atoms with Gasteiger partial charge in [0.2, 0.25) is 0 Å². The van der Waals surface area contributed by atoms with Gasteiger partial charge < -0.3 is 4.57 Å². The maximum Gasteiger partial charge on any atom is 0.0491 e. The normalized spacial score (nSPS) is 13.2. The molecule has 0 atom stereocenters. The van der Waals surface area contributed by atoms with Crippen molar-refractivity contribution in [3.8, 4) is 33.4 Å². The third-order valence-corrected chi connectivity index (χ3v) is 10.5. The molecule has 1 aliphatic rings. The molecule has 236 valence electrons. The van der Waals surface area contributed by atoms with Crippen LogP contribution in [0.2, 0.25) is 0 Å². The fraction of sp³-hybridized carbons (Fsp3) is 0.125. The van der Waals surface area contributed by atoms with Crippen LogP contribution in [-0.2, 0) is 6.54 Å². The molecule has 9 rings (SSSR count). The Labute approximate surface area is 288 Å². The van der Waals surface area contributed by atoms with Gasteiger partial charge in [0.15, 0.2) is 0 Å². The van der Waals surface area contributed by atoms with Gasteiger partial charge in [0, 0.05) is 28.4 Å². The maximum atomic E-state index is 2.42. The summed E-state index contributed by atoms with van der Waals surface area (Å²) in [6, 6.07) is 47.9. The number of fused-ring (bicyclic) bond motifs is 5. The van der Waals surface area contributed by atoms with E-state index in [1.807, 2.05) is 0 Å². The molecule has 0 bridgehead atoms. The summed E-state index contributed by atoms with van der Waals surface area (Å²) in [6.07, 6.45) is 9.27. The predicted molar refractivity (Wildman–Crippen MR) is 212 cm³/mol. The van der Waals surface area contributed by atoms with Crippen molar-refractivity contribution in [2.45, 2.75) is 40.2 Å². The molecule has 0 aliphatic heterocycles. The Morgan fingerprint density at radius 2 is 1.04 bits per heavy atom. The van der Waals surface area contributed by atoms with E-state index < -0.39 is 0 Å². The fourth-order valence-electron chi connectivity index (χ4n) is 8.14. The number of rotatable bonds is 5. The lowest BCUT2D eigenvalue weighted by atomic mass is 9.83. The lowest BCUT2D eigenvalue weighted by Crippen LogP contribution is -1.95. The summed E-state index contributed by atoms with van der Waals surface area (Å²) in [7, 11) is 0. The second-order valence-corrected chi connectivity index (χ2v) is 13.6. The summed E-state index contributed by atoms with van der Waals surface area (Å²) in [6.45, 7) is 7.59. The smallest absolute Gasteiger partial charge is 0.0491 e. The molecule has 1 heteroatoms. The highest BCUT2D eigenvalue weighted by Crippen LogP contribution is 2.44. The van der Waals surface area contributed by atoms with Crippen LogP contribution < -0.4 is 0 Å². The molecule has 0 unspecified atom stereocenters. The molecule has 7 aromatic carbocycles. The van der Waals surface area contributed by atoms with Gasteiger partial charge in [-0.3, -0.25) is 0 Å². The van der Waals surface area contributed by atoms with Gasteiger partial charge in [-0.2, -0.15) is 0 Å². The highest BCUT2D eigenvalue weighted by atomic mass is 15.0. The molecule has 0 radical (unpaired) electrons. The first-order chi connectivity index (χ1) is 24.1. The minimum absolute atomic E-state index is 0.962. The third-order valence-electron chi connectivity index (χ3n) is 10.5. The number of allylic oxidation sites excluding steroid dienone is 4. The lowest BCUT2D eigenvalue weighted by molar-refractivity contribution is 0.827. The number of hydrogen-bond acceptors (Lipinski definition) is 0. The van der Waals surface area contributed by atoms with E-state index in [2.05, 4.69) is 171 Å². The molecule has 1 nitrogen and oxygen atoms in total. The molecule has 0 saturated carbocycles. The summed E-state index contributed by atoms with van der Waals surface area (Å²) in [5.41, 5.74) is 15.4. The van der Waals surface area contributed by atoms with Crippen LogP contribution >= 0.6 is 0 Å². The first-order valence-corrected chi connectivity index (χ1v) is 17.6. The molecule has 0 N–H and O–H groups in total. The zero-order valence-electron chi connectivity index (χ0n) is 28.4. The van der Waals surface area contributed by atoms with Crippen molar-refractivity contribution in [2.24, 2.45) is 0 Å². The Kier molecular flexibility index (Phi) is 7.09. The third kappa shape index (κ3) is 4.92. The van der Waals surface area contributed by atoms with Crippen molar-refractivity contribution in [1.82, 2.24) is 4.57 Å². The summed E-state index contributed by atoms with van der Waals surface area (Å²) >= 11 is 0. The Morgan fingerprint density at radius 1 is 0.469 bits per heavy atom. The van der Waals surface area contributed by atoms with E-state index in [0.29, 0.717) is 0 Å². The zero-order valence-corrected chi connectivity index (χ0v) is 28.4. The van der Waals surface area contributed by atoms with E-state index in [4.69, 9.17) is 0 Å².